The summed E-state index contributed by atoms with van der Waals surface area (Å²) in [5.41, 5.74) is -0.678. The highest BCUT2D eigenvalue weighted by molar-refractivity contribution is 5.76. The summed E-state index contributed by atoms with van der Waals surface area (Å²) < 4.78 is 0. The smallest absolute Gasteiger partial charge is 0.329 e. The highest BCUT2D eigenvalue weighted by atomic mass is 16.6. The number of nitrogens with zero attached hydrogens (tertiary/aromatic N) is 4. The molecule has 1 heterocycles. The molecule has 19 heavy (non-hydrogen) atoms. The van der Waals surface area contributed by atoms with Crippen LogP contribution in [0.1, 0.15) is 5.56 Å². The van der Waals surface area contributed by atoms with E-state index < -0.39 is 23.1 Å². The van der Waals surface area contributed by atoms with Gasteiger partial charge in [-0.3, -0.25) is 14.9 Å². The molecule has 0 saturated carbocycles. The first-order valence-corrected chi connectivity index (χ1v) is 5.12. The van der Waals surface area contributed by atoms with Crippen LogP contribution >= 0.6 is 0 Å². The van der Waals surface area contributed by atoms with Crippen LogP contribution in [-0.4, -0.2) is 34.1 Å². The third-order valence-electron chi connectivity index (χ3n) is 2.18. The number of hydrogen-bond acceptors (Lipinski definition) is 6. The zero-order valence-electron chi connectivity index (χ0n) is 9.81. The van der Waals surface area contributed by atoms with E-state index in [2.05, 4.69) is 11.6 Å². The molecule has 1 N–H and O–H groups in total. The lowest BCUT2D eigenvalue weighted by Crippen LogP contribution is -2.31. The Hall–Kier alpha value is -2.95. The number of nitriles is 1. The Morgan fingerprint density at radius 2 is 2.42 bits per heavy atom. The molecule has 1 aromatic rings. The van der Waals surface area contributed by atoms with Gasteiger partial charge in [-0.25, -0.2) is 4.98 Å². The maximum atomic E-state index is 11.0. The number of carboxylic acids is 1. The number of anilines is 1. The summed E-state index contributed by atoms with van der Waals surface area (Å²) in [4.78, 5) is 26.0. The second-order valence-electron chi connectivity index (χ2n) is 3.46. The lowest BCUT2D eigenvalue weighted by molar-refractivity contribution is -0.384. The number of nitro groups is 1. The van der Waals surface area contributed by atoms with Crippen molar-refractivity contribution in [2.24, 2.45) is 0 Å². The minimum absolute atomic E-state index is 0.0645. The van der Waals surface area contributed by atoms with Crippen molar-refractivity contribution in [3.05, 3.63) is 40.6 Å². The summed E-state index contributed by atoms with van der Waals surface area (Å²) in [5.74, 6) is -1.33. The van der Waals surface area contributed by atoms with Gasteiger partial charge >= 0.3 is 11.7 Å². The molecular weight excluding hydrogens is 252 g/mol. The van der Waals surface area contributed by atoms with Crippen molar-refractivity contribution in [1.82, 2.24) is 4.98 Å². The van der Waals surface area contributed by atoms with Crippen LogP contribution in [0.25, 0.3) is 0 Å². The number of pyridine rings is 1. The molecule has 0 radical (unpaired) electrons. The topological polar surface area (TPSA) is 120 Å². The SMILES string of the molecule is C=CCN(CC(=O)O)c1nccc(C#N)c1[N+](=O)[O-]. The fraction of sp³-hybridized carbons (Fsp3) is 0.182. The van der Waals surface area contributed by atoms with Gasteiger partial charge < -0.3 is 10.0 Å². The van der Waals surface area contributed by atoms with Gasteiger partial charge in [0.05, 0.1) is 4.92 Å². The molecule has 0 spiro atoms. The Labute approximate surface area is 108 Å². The van der Waals surface area contributed by atoms with Crippen molar-refractivity contribution in [3.8, 4) is 6.07 Å². The Bertz CT molecular complexity index is 564. The Balaban J connectivity index is 3.37. The summed E-state index contributed by atoms with van der Waals surface area (Å²) in [7, 11) is 0. The summed E-state index contributed by atoms with van der Waals surface area (Å²) in [6.07, 6.45) is 2.62. The Morgan fingerprint density at radius 3 is 2.89 bits per heavy atom. The molecule has 0 amide bonds. The minimum atomic E-state index is -1.17. The van der Waals surface area contributed by atoms with E-state index >= 15 is 0 Å². The van der Waals surface area contributed by atoms with Crippen molar-refractivity contribution < 1.29 is 14.8 Å². The highest BCUT2D eigenvalue weighted by Gasteiger charge is 2.26. The molecule has 8 heteroatoms. The van der Waals surface area contributed by atoms with Gasteiger partial charge in [-0.05, 0) is 6.07 Å². The zero-order valence-corrected chi connectivity index (χ0v) is 9.81. The molecule has 0 aromatic carbocycles. The predicted octanol–water partition coefficient (Wildman–Crippen LogP) is 0.938. The molecule has 0 unspecified atom stereocenters. The van der Waals surface area contributed by atoms with Gasteiger partial charge in [-0.1, -0.05) is 6.08 Å². The summed E-state index contributed by atoms with van der Waals surface area (Å²) in [6, 6.07) is 2.89. The number of carbonyl (C=O) groups is 1. The van der Waals surface area contributed by atoms with Crippen molar-refractivity contribution in [2.45, 2.75) is 0 Å². The zero-order chi connectivity index (χ0) is 14.4. The first kappa shape index (κ1) is 14.1. The molecule has 98 valence electrons. The van der Waals surface area contributed by atoms with Crippen LogP contribution < -0.4 is 4.90 Å². The third kappa shape index (κ3) is 3.26. The predicted molar refractivity (Wildman–Crippen MR) is 65.7 cm³/mol. The minimum Gasteiger partial charge on any atom is -0.480 e. The molecule has 0 aliphatic heterocycles. The van der Waals surface area contributed by atoms with Crippen molar-refractivity contribution >= 4 is 17.5 Å². The number of carboxylic acid groups (broad SMARTS) is 1. The standard InChI is InChI=1S/C11H10N4O4/c1-2-5-14(7-9(16)17)11-10(15(18)19)8(6-12)3-4-13-11/h2-4H,1,5,7H2,(H,16,17). The van der Waals surface area contributed by atoms with Gasteiger partial charge in [0.1, 0.15) is 18.2 Å². The first-order chi connectivity index (χ1) is 9.01. The van der Waals surface area contributed by atoms with Crippen LogP contribution in [0.4, 0.5) is 11.5 Å². The van der Waals surface area contributed by atoms with Crippen molar-refractivity contribution in [3.63, 3.8) is 0 Å². The van der Waals surface area contributed by atoms with Gasteiger partial charge in [0.2, 0.25) is 5.82 Å². The van der Waals surface area contributed by atoms with Crippen LogP contribution in [0.2, 0.25) is 0 Å². The lowest BCUT2D eigenvalue weighted by Gasteiger charge is -2.19. The van der Waals surface area contributed by atoms with Crippen LogP contribution in [0, 0.1) is 21.4 Å². The summed E-state index contributed by atoms with van der Waals surface area (Å²) in [6.45, 7) is 3.04. The molecule has 0 atom stereocenters. The molecule has 0 aliphatic carbocycles. The number of aromatic nitrogens is 1. The van der Waals surface area contributed by atoms with Gasteiger partial charge in [0.25, 0.3) is 0 Å². The van der Waals surface area contributed by atoms with E-state index in [0.29, 0.717) is 0 Å². The van der Waals surface area contributed by atoms with Gasteiger partial charge in [0, 0.05) is 12.7 Å². The molecule has 0 aliphatic rings. The lowest BCUT2D eigenvalue weighted by atomic mass is 10.2. The molecule has 1 aromatic heterocycles. The monoisotopic (exact) mass is 262 g/mol. The van der Waals surface area contributed by atoms with Crippen molar-refractivity contribution in [2.75, 3.05) is 18.0 Å². The van der Waals surface area contributed by atoms with E-state index in [1.54, 1.807) is 6.07 Å². The maximum Gasteiger partial charge on any atom is 0.329 e. The third-order valence-corrected chi connectivity index (χ3v) is 2.18. The first-order valence-electron chi connectivity index (χ1n) is 5.12. The van der Waals surface area contributed by atoms with E-state index in [-0.39, 0.29) is 17.9 Å². The van der Waals surface area contributed by atoms with Gasteiger partial charge in [-0.15, -0.1) is 6.58 Å². The van der Waals surface area contributed by atoms with E-state index in [1.165, 1.54) is 18.3 Å². The van der Waals surface area contributed by atoms with E-state index in [0.717, 1.165) is 4.90 Å². The van der Waals surface area contributed by atoms with Gasteiger partial charge in [-0.2, -0.15) is 5.26 Å². The van der Waals surface area contributed by atoms with Crippen LogP contribution in [0.5, 0.6) is 0 Å². The van der Waals surface area contributed by atoms with Crippen molar-refractivity contribution in [1.29, 1.82) is 5.26 Å². The largest absolute Gasteiger partial charge is 0.480 e. The average molecular weight is 262 g/mol. The molecule has 0 fully saturated rings. The highest BCUT2D eigenvalue weighted by Crippen LogP contribution is 2.28. The number of hydrogen-bond donors (Lipinski definition) is 1. The average Bonchev–Trinajstić information content (AvgIpc) is 2.36. The second-order valence-corrected chi connectivity index (χ2v) is 3.46. The van der Waals surface area contributed by atoms with Gasteiger partial charge in [0.15, 0.2) is 0 Å². The Kier molecular flexibility index (Phi) is 4.54. The summed E-state index contributed by atoms with van der Waals surface area (Å²) >= 11 is 0. The second kappa shape index (κ2) is 6.11. The molecule has 8 nitrogen and oxygen atoms in total. The van der Waals surface area contributed by atoms with E-state index in [9.17, 15) is 14.9 Å². The molecule has 1 rings (SSSR count). The van der Waals surface area contributed by atoms with Crippen LogP contribution in [0.15, 0.2) is 24.9 Å². The van der Waals surface area contributed by atoms with Crippen LogP contribution in [-0.2, 0) is 4.79 Å². The molecule has 0 bridgehead atoms. The fourth-order valence-corrected chi connectivity index (χ4v) is 1.49. The molecular formula is C11H10N4O4. The molecule has 0 saturated heterocycles. The normalized spacial score (nSPS) is 9.42. The summed E-state index contributed by atoms with van der Waals surface area (Å²) in [5, 5.41) is 28.6. The number of aliphatic carboxylic acids is 1. The number of rotatable bonds is 6. The van der Waals surface area contributed by atoms with Crippen LogP contribution in [0.3, 0.4) is 0 Å². The van der Waals surface area contributed by atoms with E-state index in [1.807, 2.05) is 0 Å². The maximum absolute atomic E-state index is 11.0. The quantitative estimate of drug-likeness (QED) is 0.460. The fourth-order valence-electron chi connectivity index (χ4n) is 1.49. The van der Waals surface area contributed by atoms with E-state index in [4.69, 9.17) is 10.4 Å². The Morgan fingerprint density at radius 1 is 1.74 bits per heavy atom.